The summed E-state index contributed by atoms with van der Waals surface area (Å²) >= 11 is 1.63. The Morgan fingerprint density at radius 2 is 2.26 bits per heavy atom. The van der Waals surface area contributed by atoms with Crippen molar-refractivity contribution in [1.29, 1.82) is 0 Å². The number of amides is 1. The second kappa shape index (κ2) is 6.16. The Labute approximate surface area is 138 Å². The second-order valence-corrected chi connectivity index (χ2v) is 7.28. The van der Waals surface area contributed by atoms with E-state index in [0.717, 1.165) is 10.4 Å². The number of piperidine rings is 1. The van der Waals surface area contributed by atoms with Gasteiger partial charge in [0.15, 0.2) is 0 Å². The Balaban J connectivity index is 1.96. The molecule has 1 N–H and O–H groups in total. The van der Waals surface area contributed by atoms with Crippen LogP contribution in [-0.4, -0.2) is 31.7 Å². The molecule has 23 heavy (non-hydrogen) atoms. The fraction of sp³-hybridized carbons (Fsp3) is 0.438. The molecule has 2 aromatic heterocycles. The van der Waals surface area contributed by atoms with Gasteiger partial charge < -0.3 is 10.0 Å². The number of hydrogen-bond donors (Lipinski definition) is 1. The van der Waals surface area contributed by atoms with E-state index in [1.54, 1.807) is 40.4 Å². The first-order chi connectivity index (χ1) is 11.0. The summed E-state index contributed by atoms with van der Waals surface area (Å²) in [6.45, 7) is 2.46. The van der Waals surface area contributed by atoms with Gasteiger partial charge in [0, 0.05) is 35.0 Å². The van der Waals surface area contributed by atoms with Crippen LogP contribution in [0.25, 0.3) is 0 Å². The quantitative estimate of drug-likeness (QED) is 0.932. The van der Waals surface area contributed by atoms with E-state index >= 15 is 0 Å². The van der Waals surface area contributed by atoms with Crippen molar-refractivity contribution in [3.8, 4) is 0 Å². The minimum atomic E-state index is -0.862. The number of rotatable bonds is 4. The molecule has 1 aliphatic heterocycles. The highest BCUT2D eigenvalue weighted by Gasteiger charge is 2.41. The van der Waals surface area contributed by atoms with Crippen LogP contribution in [0, 0.1) is 12.8 Å². The van der Waals surface area contributed by atoms with Gasteiger partial charge in [0.05, 0.1) is 24.7 Å². The third-order valence-corrected chi connectivity index (χ3v) is 5.20. The number of thiophene rings is 1. The molecule has 2 aromatic rings. The van der Waals surface area contributed by atoms with E-state index in [1.165, 1.54) is 4.88 Å². The number of carbonyl (C=O) groups is 2. The summed E-state index contributed by atoms with van der Waals surface area (Å²) in [6.07, 6.45) is 4.10. The van der Waals surface area contributed by atoms with Gasteiger partial charge in [-0.3, -0.25) is 14.3 Å². The standard InChI is InChI=1S/C16H19N3O3S/c1-10-3-4-12(23-10)9-19-14(20)6-5-13(16(21)22)15(19)11-7-17-18(2)8-11/h3-4,7-8,13,15H,5-6,9H2,1-2H3,(H,21,22)/t13-,15+/m1/s1. The molecule has 1 fully saturated rings. The van der Waals surface area contributed by atoms with Crippen molar-refractivity contribution in [2.75, 3.05) is 0 Å². The molecule has 3 rings (SSSR count). The normalized spacial score (nSPS) is 21.7. The van der Waals surface area contributed by atoms with Crippen molar-refractivity contribution >= 4 is 23.2 Å². The summed E-state index contributed by atoms with van der Waals surface area (Å²) < 4.78 is 1.64. The van der Waals surface area contributed by atoms with E-state index < -0.39 is 17.9 Å². The third kappa shape index (κ3) is 3.14. The molecule has 0 bridgehead atoms. The molecular formula is C16H19N3O3S. The maximum Gasteiger partial charge on any atom is 0.308 e. The van der Waals surface area contributed by atoms with Gasteiger partial charge in [-0.1, -0.05) is 0 Å². The number of likely N-dealkylation sites (tertiary alicyclic amines) is 1. The molecule has 1 saturated heterocycles. The van der Waals surface area contributed by atoms with Gasteiger partial charge >= 0.3 is 5.97 Å². The Morgan fingerprint density at radius 1 is 1.48 bits per heavy atom. The first-order valence-corrected chi connectivity index (χ1v) is 8.33. The minimum absolute atomic E-state index is 0.00223. The summed E-state index contributed by atoms with van der Waals surface area (Å²) in [4.78, 5) is 28.1. The fourth-order valence-electron chi connectivity index (χ4n) is 3.14. The average molecular weight is 333 g/mol. The number of carbonyl (C=O) groups excluding carboxylic acids is 1. The highest BCUT2D eigenvalue weighted by molar-refractivity contribution is 7.11. The number of aromatic nitrogens is 2. The van der Waals surface area contributed by atoms with E-state index in [4.69, 9.17) is 0 Å². The van der Waals surface area contributed by atoms with Crippen LogP contribution in [0.1, 0.15) is 34.2 Å². The summed E-state index contributed by atoms with van der Waals surface area (Å²) in [7, 11) is 1.79. The molecule has 1 amide bonds. The minimum Gasteiger partial charge on any atom is -0.481 e. The topological polar surface area (TPSA) is 75.4 Å². The second-order valence-electron chi connectivity index (χ2n) is 5.91. The van der Waals surface area contributed by atoms with Gasteiger partial charge in [-0.15, -0.1) is 11.3 Å². The molecule has 122 valence electrons. The maximum atomic E-state index is 12.5. The molecule has 7 heteroatoms. The van der Waals surface area contributed by atoms with Crippen molar-refractivity contribution < 1.29 is 14.7 Å². The van der Waals surface area contributed by atoms with Gasteiger partial charge in [-0.25, -0.2) is 0 Å². The van der Waals surface area contributed by atoms with Crippen LogP contribution in [-0.2, 0) is 23.2 Å². The largest absolute Gasteiger partial charge is 0.481 e. The van der Waals surface area contributed by atoms with Crippen molar-refractivity contribution in [1.82, 2.24) is 14.7 Å². The number of aliphatic carboxylic acids is 1. The summed E-state index contributed by atoms with van der Waals surface area (Å²) in [6, 6.07) is 3.55. The van der Waals surface area contributed by atoms with Gasteiger partial charge in [-0.2, -0.15) is 5.10 Å². The van der Waals surface area contributed by atoms with E-state index in [-0.39, 0.29) is 12.3 Å². The van der Waals surface area contributed by atoms with E-state index in [0.29, 0.717) is 13.0 Å². The van der Waals surface area contributed by atoms with E-state index in [2.05, 4.69) is 5.10 Å². The maximum absolute atomic E-state index is 12.5. The summed E-state index contributed by atoms with van der Waals surface area (Å²) in [5.41, 5.74) is 0.779. The lowest BCUT2D eigenvalue weighted by Gasteiger charge is -2.38. The van der Waals surface area contributed by atoms with Crippen LogP contribution < -0.4 is 0 Å². The van der Waals surface area contributed by atoms with Crippen LogP contribution in [0.2, 0.25) is 0 Å². The first kappa shape index (κ1) is 15.7. The molecule has 0 aromatic carbocycles. The van der Waals surface area contributed by atoms with Crippen LogP contribution in [0.4, 0.5) is 0 Å². The lowest BCUT2D eigenvalue weighted by Crippen LogP contribution is -2.44. The molecule has 1 aliphatic rings. The molecule has 3 heterocycles. The molecule has 2 atom stereocenters. The van der Waals surface area contributed by atoms with Crippen LogP contribution in [0.5, 0.6) is 0 Å². The predicted octanol–water partition coefficient (Wildman–Crippen LogP) is 2.35. The molecule has 0 unspecified atom stereocenters. The van der Waals surface area contributed by atoms with Crippen LogP contribution >= 0.6 is 11.3 Å². The Bertz CT molecular complexity index is 737. The molecular weight excluding hydrogens is 314 g/mol. The lowest BCUT2D eigenvalue weighted by molar-refractivity contribution is -0.152. The van der Waals surface area contributed by atoms with Gasteiger partial charge in [0.25, 0.3) is 0 Å². The lowest BCUT2D eigenvalue weighted by atomic mass is 9.85. The van der Waals surface area contributed by atoms with Gasteiger partial charge in [0.1, 0.15) is 0 Å². The zero-order chi connectivity index (χ0) is 16.6. The number of aryl methyl sites for hydroxylation is 2. The fourth-order valence-corrected chi connectivity index (χ4v) is 4.03. The summed E-state index contributed by atoms with van der Waals surface area (Å²) in [5.74, 6) is -1.46. The van der Waals surface area contributed by atoms with Crippen molar-refractivity contribution in [3.05, 3.63) is 39.8 Å². The monoisotopic (exact) mass is 333 g/mol. The Kier molecular flexibility index (Phi) is 4.21. The Hall–Kier alpha value is -2.15. The molecule has 0 spiro atoms. The third-order valence-electron chi connectivity index (χ3n) is 4.21. The number of carboxylic acids is 1. The molecule has 6 nitrogen and oxygen atoms in total. The molecule has 0 radical (unpaired) electrons. The number of carboxylic acid groups (broad SMARTS) is 1. The van der Waals surface area contributed by atoms with Gasteiger partial charge in [-0.05, 0) is 25.5 Å². The Morgan fingerprint density at radius 3 is 2.83 bits per heavy atom. The predicted molar refractivity (Wildman–Crippen MR) is 85.9 cm³/mol. The first-order valence-electron chi connectivity index (χ1n) is 7.52. The van der Waals surface area contributed by atoms with E-state index in [1.807, 2.05) is 19.1 Å². The van der Waals surface area contributed by atoms with Crippen LogP contribution in [0.3, 0.4) is 0 Å². The average Bonchev–Trinajstić information content (AvgIpc) is 3.09. The highest BCUT2D eigenvalue weighted by Crippen LogP contribution is 2.38. The highest BCUT2D eigenvalue weighted by atomic mass is 32.1. The zero-order valence-electron chi connectivity index (χ0n) is 13.1. The number of nitrogens with zero attached hydrogens (tertiary/aromatic N) is 3. The molecule has 0 saturated carbocycles. The molecule has 0 aliphatic carbocycles. The van der Waals surface area contributed by atoms with Crippen molar-refractivity contribution in [2.45, 2.75) is 32.4 Å². The van der Waals surface area contributed by atoms with Crippen molar-refractivity contribution in [3.63, 3.8) is 0 Å². The smallest absolute Gasteiger partial charge is 0.308 e. The van der Waals surface area contributed by atoms with Crippen LogP contribution in [0.15, 0.2) is 24.5 Å². The van der Waals surface area contributed by atoms with Gasteiger partial charge in [0.2, 0.25) is 5.91 Å². The van der Waals surface area contributed by atoms with Crippen molar-refractivity contribution in [2.24, 2.45) is 13.0 Å². The SMILES string of the molecule is Cc1ccc(CN2C(=O)CC[C@@H](C(=O)O)[C@@H]2c2cnn(C)c2)s1. The van der Waals surface area contributed by atoms with E-state index in [9.17, 15) is 14.7 Å². The zero-order valence-corrected chi connectivity index (χ0v) is 13.9. The number of hydrogen-bond acceptors (Lipinski definition) is 4. The summed E-state index contributed by atoms with van der Waals surface area (Å²) in [5, 5.41) is 13.7.